The summed E-state index contributed by atoms with van der Waals surface area (Å²) in [5.41, 5.74) is 1.02. The van der Waals surface area contributed by atoms with Crippen molar-refractivity contribution in [2.45, 2.75) is 30.3 Å². The molecule has 6 heteroatoms. The molecule has 0 saturated carbocycles. The van der Waals surface area contributed by atoms with Crippen molar-refractivity contribution in [1.29, 1.82) is 0 Å². The third-order valence-corrected chi connectivity index (χ3v) is 5.42. The summed E-state index contributed by atoms with van der Waals surface area (Å²) in [7, 11) is 0. The van der Waals surface area contributed by atoms with Crippen LogP contribution in [0.4, 0.5) is 0 Å². The lowest BCUT2D eigenvalue weighted by atomic mass is 10.2. The summed E-state index contributed by atoms with van der Waals surface area (Å²) in [6.07, 6.45) is 4.82. The smallest absolute Gasteiger partial charge is 0.233 e. The zero-order chi connectivity index (χ0) is 13.8. The normalized spacial score (nSPS) is 19.6. The van der Waals surface area contributed by atoms with Gasteiger partial charge in [0.1, 0.15) is 0 Å². The molecule has 3 rings (SSSR count). The maximum atomic E-state index is 11.9. The number of hydrogen-bond acceptors (Lipinski definition) is 5. The van der Waals surface area contributed by atoms with E-state index >= 15 is 0 Å². The second kappa shape index (κ2) is 6.45. The summed E-state index contributed by atoms with van der Waals surface area (Å²) in [5, 5.41) is 5.97. The minimum Gasteiger partial charge on any atom is -0.462 e. The van der Waals surface area contributed by atoms with Crippen molar-refractivity contribution >= 4 is 29.0 Å². The number of carbonyl (C=O) groups is 1. The first-order chi connectivity index (χ1) is 9.83. The first-order valence-corrected chi connectivity index (χ1v) is 8.63. The molecule has 2 aromatic heterocycles. The molecule has 106 valence electrons. The zero-order valence-electron chi connectivity index (χ0n) is 11.0. The van der Waals surface area contributed by atoms with E-state index in [0.717, 1.165) is 48.0 Å². The van der Waals surface area contributed by atoms with Gasteiger partial charge in [-0.1, -0.05) is 6.42 Å². The summed E-state index contributed by atoms with van der Waals surface area (Å²) in [5.74, 6) is 1.75. The van der Waals surface area contributed by atoms with Crippen molar-refractivity contribution in [3.8, 4) is 10.8 Å². The van der Waals surface area contributed by atoms with E-state index < -0.39 is 0 Å². The van der Waals surface area contributed by atoms with Crippen molar-refractivity contribution in [2.75, 3.05) is 6.54 Å². The molecular weight excluding hydrogens is 292 g/mol. The predicted octanol–water partition coefficient (Wildman–Crippen LogP) is 3.31. The van der Waals surface area contributed by atoms with Crippen molar-refractivity contribution in [3.63, 3.8) is 0 Å². The van der Waals surface area contributed by atoms with Gasteiger partial charge in [-0.05, 0) is 25.0 Å². The van der Waals surface area contributed by atoms with Crippen LogP contribution in [0.3, 0.4) is 0 Å². The highest BCUT2D eigenvalue weighted by Crippen LogP contribution is 2.28. The van der Waals surface area contributed by atoms with Gasteiger partial charge in [-0.25, -0.2) is 4.98 Å². The number of amides is 1. The zero-order valence-corrected chi connectivity index (χ0v) is 12.6. The summed E-state index contributed by atoms with van der Waals surface area (Å²) in [6, 6.07) is 3.77. The van der Waals surface area contributed by atoms with Crippen LogP contribution in [0.25, 0.3) is 10.8 Å². The Morgan fingerprint density at radius 3 is 3.30 bits per heavy atom. The van der Waals surface area contributed by atoms with E-state index in [2.05, 4.69) is 10.3 Å². The summed E-state index contributed by atoms with van der Waals surface area (Å²) < 4.78 is 5.34. The first kappa shape index (κ1) is 13.7. The fourth-order valence-electron chi connectivity index (χ4n) is 2.14. The maximum absolute atomic E-state index is 11.9. The molecule has 1 aliphatic heterocycles. The van der Waals surface area contributed by atoms with E-state index in [4.69, 9.17) is 4.42 Å². The highest BCUT2D eigenvalue weighted by molar-refractivity contribution is 7.99. The molecule has 2 aromatic rings. The van der Waals surface area contributed by atoms with E-state index in [9.17, 15) is 4.79 Å². The first-order valence-electron chi connectivity index (χ1n) is 6.70. The molecule has 1 N–H and O–H groups in total. The van der Waals surface area contributed by atoms with Gasteiger partial charge in [0, 0.05) is 17.7 Å². The highest BCUT2D eigenvalue weighted by atomic mass is 32.2. The van der Waals surface area contributed by atoms with Crippen molar-refractivity contribution in [2.24, 2.45) is 0 Å². The third-order valence-electron chi connectivity index (χ3n) is 3.20. The van der Waals surface area contributed by atoms with Gasteiger partial charge in [0.15, 0.2) is 10.8 Å². The van der Waals surface area contributed by atoms with Crippen molar-refractivity contribution in [3.05, 3.63) is 29.5 Å². The molecule has 0 radical (unpaired) electrons. The van der Waals surface area contributed by atoms with Crippen LogP contribution in [0, 0.1) is 0 Å². The topological polar surface area (TPSA) is 55.1 Å². The second-order valence-corrected chi connectivity index (χ2v) is 6.76. The van der Waals surface area contributed by atoms with E-state index in [-0.39, 0.29) is 11.2 Å². The summed E-state index contributed by atoms with van der Waals surface area (Å²) in [6.45, 7) is 0.815. The van der Waals surface area contributed by atoms with E-state index in [1.807, 2.05) is 17.5 Å². The second-order valence-electron chi connectivity index (χ2n) is 4.71. The van der Waals surface area contributed by atoms with Crippen LogP contribution < -0.4 is 5.32 Å². The lowest BCUT2D eigenvalue weighted by Crippen LogP contribution is -2.30. The van der Waals surface area contributed by atoms with Gasteiger partial charge in [-0.15, -0.1) is 23.1 Å². The van der Waals surface area contributed by atoms with Gasteiger partial charge in [0.05, 0.1) is 17.2 Å². The Labute approximate surface area is 126 Å². The maximum Gasteiger partial charge on any atom is 0.233 e. The highest BCUT2D eigenvalue weighted by Gasteiger charge is 2.21. The third kappa shape index (κ3) is 3.24. The molecule has 1 amide bonds. The predicted molar refractivity (Wildman–Crippen MR) is 81.8 cm³/mol. The lowest BCUT2D eigenvalue weighted by Gasteiger charge is -2.11. The number of thiazole rings is 1. The quantitative estimate of drug-likeness (QED) is 0.941. The van der Waals surface area contributed by atoms with E-state index in [1.165, 1.54) is 0 Å². The molecule has 1 aliphatic rings. The molecule has 3 heterocycles. The monoisotopic (exact) mass is 308 g/mol. The van der Waals surface area contributed by atoms with E-state index in [1.54, 1.807) is 29.4 Å². The fraction of sp³-hybridized carbons (Fsp3) is 0.429. The standard InChI is InChI=1S/C14H16N2O2S2/c17-13-12(5-1-2-6-15-13)19-8-10-9-20-14(16-10)11-4-3-7-18-11/h3-4,7,9,12H,1-2,5-6,8H2,(H,15,17)/t12-/m0/s1. The average molecular weight is 308 g/mol. The fourth-order valence-corrected chi connectivity index (χ4v) is 4.12. The lowest BCUT2D eigenvalue weighted by molar-refractivity contribution is -0.120. The van der Waals surface area contributed by atoms with Crippen LogP contribution in [-0.2, 0) is 10.5 Å². The number of furan rings is 1. The van der Waals surface area contributed by atoms with Crippen LogP contribution in [0.2, 0.25) is 0 Å². The Morgan fingerprint density at radius 1 is 1.50 bits per heavy atom. The number of rotatable bonds is 4. The molecule has 0 unspecified atom stereocenters. The molecule has 0 spiro atoms. The molecule has 1 fully saturated rings. The van der Waals surface area contributed by atoms with Gasteiger partial charge in [-0.3, -0.25) is 4.79 Å². The number of carbonyl (C=O) groups excluding carboxylic acids is 1. The van der Waals surface area contributed by atoms with Gasteiger partial charge < -0.3 is 9.73 Å². The van der Waals surface area contributed by atoms with Gasteiger partial charge in [0.2, 0.25) is 5.91 Å². The molecular formula is C14H16N2O2S2. The Morgan fingerprint density at radius 2 is 2.45 bits per heavy atom. The van der Waals surface area contributed by atoms with Gasteiger partial charge in [0.25, 0.3) is 0 Å². The van der Waals surface area contributed by atoms with Crippen LogP contribution in [0.5, 0.6) is 0 Å². The molecule has 1 atom stereocenters. The molecule has 0 aliphatic carbocycles. The minimum atomic E-state index is 0.0614. The summed E-state index contributed by atoms with van der Waals surface area (Å²) >= 11 is 3.26. The minimum absolute atomic E-state index is 0.0614. The molecule has 0 aromatic carbocycles. The number of hydrogen-bond donors (Lipinski definition) is 1. The Hall–Kier alpha value is -1.27. The summed E-state index contributed by atoms with van der Waals surface area (Å²) in [4.78, 5) is 16.4. The number of nitrogens with one attached hydrogen (secondary N) is 1. The van der Waals surface area contributed by atoms with Gasteiger partial charge >= 0.3 is 0 Å². The molecule has 0 bridgehead atoms. The van der Waals surface area contributed by atoms with Crippen molar-refractivity contribution in [1.82, 2.24) is 10.3 Å². The van der Waals surface area contributed by atoms with Crippen molar-refractivity contribution < 1.29 is 9.21 Å². The number of nitrogens with zero attached hydrogens (tertiary/aromatic N) is 1. The Bertz CT molecular complexity index is 566. The van der Waals surface area contributed by atoms with Crippen LogP contribution in [0.15, 0.2) is 28.2 Å². The molecule has 20 heavy (non-hydrogen) atoms. The largest absolute Gasteiger partial charge is 0.462 e. The van der Waals surface area contributed by atoms with E-state index in [0.29, 0.717) is 0 Å². The average Bonchev–Trinajstić information content (AvgIpc) is 3.08. The van der Waals surface area contributed by atoms with Crippen LogP contribution in [-0.4, -0.2) is 22.7 Å². The van der Waals surface area contributed by atoms with Crippen LogP contribution >= 0.6 is 23.1 Å². The molecule has 1 saturated heterocycles. The number of thioether (sulfide) groups is 1. The number of aromatic nitrogens is 1. The molecule has 4 nitrogen and oxygen atoms in total. The van der Waals surface area contributed by atoms with Crippen LogP contribution in [0.1, 0.15) is 25.0 Å². The Balaban J connectivity index is 1.59. The SMILES string of the molecule is O=C1NCCCC[C@@H]1SCc1csc(-c2ccco2)n1. The Kier molecular flexibility index (Phi) is 4.42. The van der Waals surface area contributed by atoms with Gasteiger partial charge in [-0.2, -0.15) is 0 Å².